The smallest absolute Gasteiger partial charge is 0.0673 e. The predicted molar refractivity (Wildman–Crippen MR) is 63.2 cm³/mol. The Labute approximate surface area is 91.8 Å². The van der Waals surface area contributed by atoms with Crippen LogP contribution < -0.4 is 0 Å². The SMILES string of the molecule is c1ccc2c(Cn3cccn3)csc2c1. The van der Waals surface area contributed by atoms with Gasteiger partial charge in [-0.3, -0.25) is 4.68 Å². The second-order valence-corrected chi connectivity index (χ2v) is 4.37. The van der Waals surface area contributed by atoms with Crippen molar-refractivity contribution in [2.45, 2.75) is 6.54 Å². The molecule has 0 saturated heterocycles. The second kappa shape index (κ2) is 3.51. The molecule has 0 radical (unpaired) electrons. The van der Waals surface area contributed by atoms with Gasteiger partial charge in [-0.1, -0.05) is 18.2 Å². The highest BCUT2D eigenvalue weighted by molar-refractivity contribution is 7.17. The van der Waals surface area contributed by atoms with Gasteiger partial charge in [-0.25, -0.2) is 0 Å². The van der Waals surface area contributed by atoms with E-state index in [0.29, 0.717) is 0 Å². The Morgan fingerprint density at radius 2 is 2.13 bits per heavy atom. The normalized spacial score (nSPS) is 10.9. The van der Waals surface area contributed by atoms with Crippen molar-refractivity contribution in [3.63, 3.8) is 0 Å². The summed E-state index contributed by atoms with van der Waals surface area (Å²) >= 11 is 1.79. The molecule has 0 unspecified atom stereocenters. The summed E-state index contributed by atoms with van der Waals surface area (Å²) < 4.78 is 3.30. The number of thiophene rings is 1. The summed E-state index contributed by atoms with van der Waals surface area (Å²) in [7, 11) is 0. The molecule has 0 atom stereocenters. The van der Waals surface area contributed by atoms with Crippen LogP contribution in [0, 0.1) is 0 Å². The Balaban J connectivity index is 2.05. The number of benzene rings is 1. The minimum absolute atomic E-state index is 0.858. The third-order valence-corrected chi connectivity index (χ3v) is 3.46. The second-order valence-electron chi connectivity index (χ2n) is 3.46. The summed E-state index contributed by atoms with van der Waals surface area (Å²) in [6.07, 6.45) is 3.81. The third kappa shape index (κ3) is 1.55. The number of aromatic nitrogens is 2. The molecule has 0 fully saturated rings. The molecule has 0 aliphatic heterocycles. The van der Waals surface area contributed by atoms with Crippen LogP contribution in [-0.2, 0) is 6.54 Å². The molecular weight excluding hydrogens is 204 g/mol. The Bertz CT molecular complexity index is 566. The Kier molecular flexibility index (Phi) is 2.03. The van der Waals surface area contributed by atoms with Crippen LogP contribution in [-0.4, -0.2) is 9.78 Å². The molecule has 3 rings (SSSR count). The Morgan fingerprint density at radius 3 is 3.00 bits per heavy atom. The van der Waals surface area contributed by atoms with Crippen molar-refractivity contribution in [2.75, 3.05) is 0 Å². The molecule has 3 aromatic rings. The molecule has 2 nitrogen and oxygen atoms in total. The lowest BCUT2D eigenvalue weighted by Gasteiger charge is -1.99. The standard InChI is InChI=1S/C12H10N2S/c1-2-5-12-11(4-1)10(9-15-12)8-14-7-3-6-13-14/h1-7,9H,8H2. The van der Waals surface area contributed by atoms with E-state index in [4.69, 9.17) is 0 Å². The molecule has 0 spiro atoms. The first-order chi connectivity index (χ1) is 7.43. The quantitative estimate of drug-likeness (QED) is 0.640. The van der Waals surface area contributed by atoms with Gasteiger partial charge in [0.2, 0.25) is 0 Å². The first kappa shape index (κ1) is 8.68. The zero-order valence-electron chi connectivity index (χ0n) is 8.13. The number of hydrogen-bond donors (Lipinski definition) is 0. The molecule has 2 aromatic heterocycles. The molecule has 0 aliphatic carbocycles. The zero-order valence-corrected chi connectivity index (χ0v) is 8.95. The molecular formula is C12H10N2S. The van der Waals surface area contributed by atoms with Crippen molar-refractivity contribution in [1.29, 1.82) is 0 Å². The summed E-state index contributed by atoms with van der Waals surface area (Å²) in [5.41, 5.74) is 1.35. The maximum Gasteiger partial charge on any atom is 0.0673 e. The van der Waals surface area contributed by atoms with Gasteiger partial charge in [0.1, 0.15) is 0 Å². The molecule has 15 heavy (non-hydrogen) atoms. The average molecular weight is 214 g/mol. The number of hydrogen-bond acceptors (Lipinski definition) is 2. The van der Waals surface area contributed by atoms with Gasteiger partial charge in [-0.15, -0.1) is 11.3 Å². The molecule has 0 saturated carbocycles. The van der Waals surface area contributed by atoms with Gasteiger partial charge in [-0.2, -0.15) is 5.10 Å². The summed E-state index contributed by atoms with van der Waals surface area (Å²) in [5.74, 6) is 0. The van der Waals surface area contributed by atoms with Crippen molar-refractivity contribution in [3.05, 3.63) is 53.7 Å². The van der Waals surface area contributed by atoms with Crippen LogP contribution >= 0.6 is 11.3 Å². The van der Waals surface area contributed by atoms with Gasteiger partial charge in [0, 0.05) is 17.1 Å². The van der Waals surface area contributed by atoms with E-state index >= 15 is 0 Å². The lowest BCUT2D eigenvalue weighted by Crippen LogP contribution is -1.98. The highest BCUT2D eigenvalue weighted by Crippen LogP contribution is 2.25. The van der Waals surface area contributed by atoms with Crippen LogP contribution in [0.1, 0.15) is 5.56 Å². The highest BCUT2D eigenvalue weighted by Gasteiger charge is 2.03. The Hall–Kier alpha value is -1.61. The summed E-state index contributed by atoms with van der Waals surface area (Å²) in [4.78, 5) is 0. The van der Waals surface area contributed by atoms with Crippen molar-refractivity contribution >= 4 is 21.4 Å². The predicted octanol–water partition coefficient (Wildman–Crippen LogP) is 3.15. The van der Waals surface area contributed by atoms with Crippen molar-refractivity contribution in [1.82, 2.24) is 9.78 Å². The molecule has 1 aromatic carbocycles. The molecule has 2 heterocycles. The molecule has 3 heteroatoms. The van der Waals surface area contributed by atoms with Gasteiger partial charge < -0.3 is 0 Å². The minimum atomic E-state index is 0.858. The van der Waals surface area contributed by atoms with Gasteiger partial charge >= 0.3 is 0 Å². The van der Waals surface area contributed by atoms with Gasteiger partial charge in [0.05, 0.1) is 6.54 Å². The Morgan fingerprint density at radius 1 is 1.20 bits per heavy atom. The summed E-state index contributed by atoms with van der Waals surface area (Å²) in [6.45, 7) is 0.858. The van der Waals surface area contributed by atoms with Crippen molar-refractivity contribution in [2.24, 2.45) is 0 Å². The molecule has 0 bridgehead atoms. The number of rotatable bonds is 2. The van der Waals surface area contributed by atoms with E-state index in [1.165, 1.54) is 15.6 Å². The van der Waals surface area contributed by atoms with Crippen LogP contribution in [0.3, 0.4) is 0 Å². The summed E-state index contributed by atoms with van der Waals surface area (Å²) in [5, 5.41) is 7.78. The van der Waals surface area contributed by atoms with E-state index < -0.39 is 0 Å². The van der Waals surface area contributed by atoms with E-state index in [1.54, 1.807) is 11.3 Å². The van der Waals surface area contributed by atoms with Crippen LogP contribution in [0.5, 0.6) is 0 Å². The first-order valence-electron chi connectivity index (χ1n) is 4.86. The fraction of sp³-hybridized carbons (Fsp3) is 0.0833. The average Bonchev–Trinajstić information content (AvgIpc) is 2.89. The maximum absolute atomic E-state index is 4.22. The zero-order chi connectivity index (χ0) is 10.1. The van der Waals surface area contributed by atoms with Crippen LogP contribution in [0.15, 0.2) is 48.1 Å². The largest absolute Gasteiger partial charge is 0.268 e. The fourth-order valence-electron chi connectivity index (χ4n) is 1.72. The lowest BCUT2D eigenvalue weighted by molar-refractivity contribution is 0.691. The number of fused-ring (bicyclic) bond motifs is 1. The van der Waals surface area contributed by atoms with Crippen LogP contribution in [0.25, 0.3) is 10.1 Å². The van der Waals surface area contributed by atoms with E-state index in [0.717, 1.165) is 6.54 Å². The van der Waals surface area contributed by atoms with Crippen LogP contribution in [0.2, 0.25) is 0 Å². The maximum atomic E-state index is 4.22. The minimum Gasteiger partial charge on any atom is -0.268 e. The van der Waals surface area contributed by atoms with Crippen LogP contribution in [0.4, 0.5) is 0 Å². The van der Waals surface area contributed by atoms with Gasteiger partial charge in [-0.05, 0) is 28.5 Å². The topological polar surface area (TPSA) is 17.8 Å². The fourth-order valence-corrected chi connectivity index (χ4v) is 2.68. The van der Waals surface area contributed by atoms with Gasteiger partial charge in [0.15, 0.2) is 0 Å². The van der Waals surface area contributed by atoms with E-state index in [2.05, 4.69) is 34.7 Å². The molecule has 0 aliphatic rings. The van der Waals surface area contributed by atoms with E-state index in [-0.39, 0.29) is 0 Å². The monoisotopic (exact) mass is 214 g/mol. The van der Waals surface area contributed by atoms with E-state index in [9.17, 15) is 0 Å². The molecule has 0 amide bonds. The van der Waals surface area contributed by atoms with Crippen molar-refractivity contribution < 1.29 is 0 Å². The van der Waals surface area contributed by atoms with Gasteiger partial charge in [0.25, 0.3) is 0 Å². The van der Waals surface area contributed by atoms with Crippen molar-refractivity contribution in [3.8, 4) is 0 Å². The third-order valence-electron chi connectivity index (χ3n) is 2.45. The van der Waals surface area contributed by atoms with E-state index in [1.807, 2.05) is 23.1 Å². The highest BCUT2D eigenvalue weighted by atomic mass is 32.1. The first-order valence-corrected chi connectivity index (χ1v) is 5.74. The number of nitrogens with zero attached hydrogens (tertiary/aromatic N) is 2. The molecule has 0 N–H and O–H groups in total. The summed E-state index contributed by atoms with van der Waals surface area (Å²) in [6, 6.07) is 10.4. The lowest BCUT2D eigenvalue weighted by atomic mass is 10.2. The molecule has 74 valence electrons.